The van der Waals surface area contributed by atoms with E-state index in [0.29, 0.717) is 12.1 Å². The van der Waals surface area contributed by atoms with Crippen molar-refractivity contribution >= 4 is 0 Å². The summed E-state index contributed by atoms with van der Waals surface area (Å²) in [5, 5.41) is 8.93. The molecule has 0 saturated heterocycles. The van der Waals surface area contributed by atoms with E-state index in [9.17, 15) is 0 Å². The zero-order valence-corrected chi connectivity index (χ0v) is 4.54. The molecule has 0 aromatic heterocycles. The number of hydrogen-bond acceptors (Lipinski definition) is 2. The minimum Gasteiger partial charge on any atom is -0.400 e. The molecule has 1 aliphatic carbocycles. The summed E-state index contributed by atoms with van der Waals surface area (Å²) in [5.74, 6) is 0. The second kappa shape index (κ2) is 2.01. The van der Waals surface area contributed by atoms with Crippen LogP contribution in [0.25, 0.3) is 0 Å². The van der Waals surface area contributed by atoms with E-state index in [1.54, 1.807) is 6.08 Å². The second-order valence-corrected chi connectivity index (χ2v) is 1.85. The molecular formula is C6H9NO. The van der Waals surface area contributed by atoms with E-state index in [2.05, 4.69) is 0 Å². The summed E-state index contributed by atoms with van der Waals surface area (Å²) >= 11 is 0. The Labute approximate surface area is 48.3 Å². The number of rotatable bonds is 0. The van der Waals surface area contributed by atoms with E-state index in [0.717, 1.165) is 0 Å². The lowest BCUT2D eigenvalue weighted by Gasteiger charge is -2.09. The van der Waals surface area contributed by atoms with Crippen LogP contribution in [-0.2, 0) is 0 Å². The highest BCUT2D eigenvalue weighted by atomic mass is 16.3. The molecule has 2 heteroatoms. The van der Waals surface area contributed by atoms with Crippen molar-refractivity contribution in [1.29, 1.82) is 0 Å². The summed E-state index contributed by atoms with van der Waals surface area (Å²) < 4.78 is 0. The van der Waals surface area contributed by atoms with E-state index in [1.807, 2.05) is 12.2 Å². The fraction of sp³-hybridized carbons (Fsp3) is 0.333. The zero-order valence-electron chi connectivity index (χ0n) is 4.54. The Hall–Kier alpha value is -0.760. The molecule has 0 radical (unpaired) electrons. The second-order valence-electron chi connectivity index (χ2n) is 1.85. The van der Waals surface area contributed by atoms with Crippen LogP contribution >= 0.6 is 0 Å². The molecule has 0 bridgehead atoms. The predicted molar refractivity (Wildman–Crippen MR) is 32.0 cm³/mol. The van der Waals surface area contributed by atoms with Gasteiger partial charge in [-0.25, -0.2) is 0 Å². The van der Waals surface area contributed by atoms with Crippen molar-refractivity contribution in [2.45, 2.75) is 12.5 Å². The SMILES string of the molecule is NC1=CC=CCC1O. The van der Waals surface area contributed by atoms with Gasteiger partial charge in [0.25, 0.3) is 0 Å². The number of nitrogens with two attached hydrogens (primary N) is 1. The summed E-state index contributed by atoms with van der Waals surface area (Å²) in [6.07, 6.45) is 5.67. The molecular weight excluding hydrogens is 102 g/mol. The average Bonchev–Trinajstić information content (AvgIpc) is 1.77. The van der Waals surface area contributed by atoms with Gasteiger partial charge in [-0.15, -0.1) is 0 Å². The van der Waals surface area contributed by atoms with Crippen LogP contribution in [0.1, 0.15) is 6.42 Å². The smallest absolute Gasteiger partial charge is 0.0966 e. The summed E-state index contributed by atoms with van der Waals surface area (Å²) in [6.45, 7) is 0. The molecule has 3 N–H and O–H groups in total. The molecule has 8 heavy (non-hydrogen) atoms. The van der Waals surface area contributed by atoms with Crippen molar-refractivity contribution in [3.63, 3.8) is 0 Å². The molecule has 0 aromatic carbocycles. The van der Waals surface area contributed by atoms with Gasteiger partial charge in [-0.1, -0.05) is 12.2 Å². The van der Waals surface area contributed by atoms with E-state index < -0.39 is 6.10 Å². The Kier molecular flexibility index (Phi) is 1.35. The monoisotopic (exact) mass is 111 g/mol. The molecule has 0 aromatic rings. The fourth-order valence-electron chi connectivity index (χ4n) is 0.634. The van der Waals surface area contributed by atoms with E-state index in [1.165, 1.54) is 0 Å². The maximum absolute atomic E-state index is 8.93. The van der Waals surface area contributed by atoms with Gasteiger partial charge in [0.2, 0.25) is 0 Å². The molecule has 1 rings (SSSR count). The number of aliphatic hydroxyl groups is 1. The molecule has 1 unspecified atom stereocenters. The van der Waals surface area contributed by atoms with Crippen LogP contribution in [0.2, 0.25) is 0 Å². The summed E-state index contributed by atoms with van der Waals surface area (Å²) in [4.78, 5) is 0. The van der Waals surface area contributed by atoms with Crippen LogP contribution in [0, 0.1) is 0 Å². The molecule has 1 aliphatic rings. The first-order chi connectivity index (χ1) is 3.80. The van der Waals surface area contributed by atoms with Crippen LogP contribution in [0.4, 0.5) is 0 Å². The van der Waals surface area contributed by atoms with Crippen molar-refractivity contribution in [2.75, 3.05) is 0 Å². The Morgan fingerprint density at radius 3 is 2.88 bits per heavy atom. The Morgan fingerprint density at radius 2 is 2.50 bits per heavy atom. The van der Waals surface area contributed by atoms with Crippen LogP contribution in [0.3, 0.4) is 0 Å². The van der Waals surface area contributed by atoms with Crippen LogP contribution in [-0.4, -0.2) is 11.2 Å². The Bertz CT molecular complexity index is 137. The topological polar surface area (TPSA) is 46.2 Å². The molecule has 0 fully saturated rings. The minimum absolute atomic E-state index is 0.444. The summed E-state index contributed by atoms with van der Waals surface area (Å²) in [6, 6.07) is 0. The lowest BCUT2D eigenvalue weighted by molar-refractivity contribution is 0.211. The van der Waals surface area contributed by atoms with Gasteiger partial charge in [-0.05, 0) is 12.5 Å². The third kappa shape index (κ3) is 0.898. The van der Waals surface area contributed by atoms with Crippen molar-refractivity contribution in [1.82, 2.24) is 0 Å². The molecule has 44 valence electrons. The van der Waals surface area contributed by atoms with Gasteiger partial charge in [0.15, 0.2) is 0 Å². The third-order valence-electron chi connectivity index (χ3n) is 1.17. The highest BCUT2D eigenvalue weighted by Crippen LogP contribution is 2.06. The van der Waals surface area contributed by atoms with Crippen molar-refractivity contribution in [2.24, 2.45) is 5.73 Å². The molecule has 0 saturated carbocycles. The lowest BCUT2D eigenvalue weighted by Crippen LogP contribution is -2.17. The Balaban J connectivity index is 2.66. The highest BCUT2D eigenvalue weighted by Gasteiger charge is 2.05. The van der Waals surface area contributed by atoms with Crippen LogP contribution < -0.4 is 5.73 Å². The standard InChI is InChI=1S/C6H9NO/c7-5-3-1-2-4-6(5)8/h1-3,6,8H,4,7H2. The molecule has 2 nitrogen and oxygen atoms in total. The first-order valence-corrected chi connectivity index (χ1v) is 2.61. The number of aliphatic hydroxyl groups excluding tert-OH is 1. The van der Waals surface area contributed by atoms with Crippen molar-refractivity contribution in [3.8, 4) is 0 Å². The van der Waals surface area contributed by atoms with Gasteiger partial charge in [0, 0.05) is 5.70 Å². The molecule has 0 aliphatic heterocycles. The van der Waals surface area contributed by atoms with E-state index in [4.69, 9.17) is 10.8 Å². The van der Waals surface area contributed by atoms with Crippen LogP contribution in [0.5, 0.6) is 0 Å². The maximum Gasteiger partial charge on any atom is 0.0966 e. The molecule has 1 atom stereocenters. The average molecular weight is 111 g/mol. The quantitative estimate of drug-likeness (QED) is 0.467. The third-order valence-corrected chi connectivity index (χ3v) is 1.17. The summed E-state index contributed by atoms with van der Waals surface area (Å²) in [5.41, 5.74) is 5.90. The van der Waals surface area contributed by atoms with Crippen LogP contribution in [0.15, 0.2) is 23.9 Å². The number of allylic oxidation sites excluding steroid dienone is 2. The normalized spacial score (nSPS) is 27.6. The first kappa shape index (κ1) is 5.38. The summed E-state index contributed by atoms with van der Waals surface area (Å²) in [7, 11) is 0. The first-order valence-electron chi connectivity index (χ1n) is 2.61. The fourth-order valence-corrected chi connectivity index (χ4v) is 0.634. The van der Waals surface area contributed by atoms with Gasteiger partial charge >= 0.3 is 0 Å². The van der Waals surface area contributed by atoms with Gasteiger partial charge in [-0.2, -0.15) is 0 Å². The molecule has 0 spiro atoms. The van der Waals surface area contributed by atoms with Gasteiger partial charge in [-0.3, -0.25) is 0 Å². The molecule has 0 amide bonds. The zero-order chi connectivity index (χ0) is 5.98. The van der Waals surface area contributed by atoms with Crippen molar-refractivity contribution < 1.29 is 5.11 Å². The van der Waals surface area contributed by atoms with Gasteiger partial charge in [0.05, 0.1) is 6.10 Å². The molecule has 0 heterocycles. The largest absolute Gasteiger partial charge is 0.400 e. The predicted octanol–water partition coefficient (Wildman–Crippen LogP) is 0.150. The maximum atomic E-state index is 8.93. The van der Waals surface area contributed by atoms with Gasteiger partial charge < -0.3 is 10.8 Å². The van der Waals surface area contributed by atoms with E-state index in [-0.39, 0.29) is 0 Å². The minimum atomic E-state index is -0.444. The lowest BCUT2D eigenvalue weighted by atomic mass is 10.1. The van der Waals surface area contributed by atoms with Crippen molar-refractivity contribution in [3.05, 3.63) is 23.9 Å². The number of hydrogen-bond donors (Lipinski definition) is 2. The highest BCUT2D eigenvalue weighted by molar-refractivity contribution is 5.18. The Morgan fingerprint density at radius 1 is 1.75 bits per heavy atom. The van der Waals surface area contributed by atoms with Gasteiger partial charge in [0.1, 0.15) is 0 Å². The van der Waals surface area contributed by atoms with E-state index >= 15 is 0 Å².